The number of nitrogens with one attached hydrogen (secondary N) is 2. The predicted octanol–water partition coefficient (Wildman–Crippen LogP) is 3.71. The Morgan fingerprint density at radius 1 is 1.03 bits per heavy atom. The molecule has 0 spiro atoms. The number of nitrogens with zero attached hydrogens (tertiary/aromatic N) is 1. The molecule has 1 aliphatic heterocycles. The summed E-state index contributed by atoms with van der Waals surface area (Å²) in [6, 6.07) is 13.4. The smallest absolute Gasteiger partial charge is 0.241 e. The summed E-state index contributed by atoms with van der Waals surface area (Å²) in [7, 11) is -3.96. The highest BCUT2D eigenvalue weighted by Crippen LogP contribution is 2.34. The third kappa shape index (κ3) is 6.11. The Bertz CT molecular complexity index is 1160. The molecule has 0 aromatic heterocycles. The summed E-state index contributed by atoms with van der Waals surface area (Å²) in [5, 5.41) is 3.11. The van der Waals surface area contributed by atoms with Crippen molar-refractivity contribution in [2.45, 2.75) is 88.2 Å². The van der Waals surface area contributed by atoms with Crippen molar-refractivity contribution in [3.8, 4) is 0 Å². The van der Waals surface area contributed by atoms with Crippen LogP contribution in [-0.4, -0.2) is 38.4 Å². The van der Waals surface area contributed by atoms with Crippen molar-refractivity contribution in [1.29, 1.82) is 0 Å². The molecule has 2 aromatic rings. The molecular formula is C27H35N3O4S. The molecule has 188 valence electrons. The minimum absolute atomic E-state index is 0.0235. The number of benzene rings is 2. The van der Waals surface area contributed by atoms with E-state index in [-0.39, 0.29) is 35.2 Å². The normalized spacial score (nSPS) is 19.6. The lowest BCUT2D eigenvalue weighted by Crippen LogP contribution is -2.50. The van der Waals surface area contributed by atoms with Crippen LogP contribution >= 0.6 is 0 Å². The van der Waals surface area contributed by atoms with Gasteiger partial charge in [0.15, 0.2) is 0 Å². The highest BCUT2D eigenvalue weighted by molar-refractivity contribution is 7.89. The van der Waals surface area contributed by atoms with Crippen LogP contribution in [0, 0.1) is 0 Å². The molecule has 35 heavy (non-hydrogen) atoms. The second-order valence-corrected chi connectivity index (χ2v) is 11.5. The molecule has 2 aliphatic rings. The maximum absolute atomic E-state index is 13.4. The highest BCUT2D eigenvalue weighted by Gasteiger charge is 2.32. The molecule has 1 saturated carbocycles. The molecule has 2 amide bonds. The number of hydrogen-bond acceptors (Lipinski definition) is 4. The van der Waals surface area contributed by atoms with Crippen molar-refractivity contribution in [2.75, 3.05) is 4.90 Å². The number of anilines is 1. The van der Waals surface area contributed by atoms with E-state index in [0.717, 1.165) is 42.5 Å². The molecule has 0 saturated heterocycles. The van der Waals surface area contributed by atoms with Crippen molar-refractivity contribution < 1.29 is 18.0 Å². The van der Waals surface area contributed by atoms with Crippen LogP contribution in [0.3, 0.4) is 0 Å². The van der Waals surface area contributed by atoms with Gasteiger partial charge in [0.05, 0.1) is 4.90 Å². The fourth-order valence-corrected chi connectivity index (χ4v) is 6.52. The fourth-order valence-electron chi connectivity index (χ4n) is 5.27. The molecule has 0 unspecified atom stereocenters. The van der Waals surface area contributed by atoms with Gasteiger partial charge >= 0.3 is 0 Å². The van der Waals surface area contributed by atoms with Crippen LogP contribution < -0.4 is 14.9 Å². The van der Waals surface area contributed by atoms with Crippen molar-refractivity contribution in [2.24, 2.45) is 0 Å². The number of carbonyl (C=O) groups excluding carboxylic acids is 2. The van der Waals surface area contributed by atoms with E-state index >= 15 is 0 Å². The number of hydrogen-bond donors (Lipinski definition) is 2. The number of fused-ring (bicyclic) bond motifs is 1. The molecule has 2 aromatic carbocycles. The SMILES string of the molecule is CC(=O)N1c2ccc(S(=O)(=O)N[C@@H](Cc3ccccc3)C(=O)NC3CCCCCC3)cc2C[C@H]1C. The van der Waals surface area contributed by atoms with Gasteiger partial charge in [-0.3, -0.25) is 9.59 Å². The number of amides is 2. The molecule has 1 fully saturated rings. The van der Waals surface area contributed by atoms with Crippen LogP contribution in [0.4, 0.5) is 5.69 Å². The summed E-state index contributed by atoms with van der Waals surface area (Å²) in [6.07, 6.45) is 7.19. The highest BCUT2D eigenvalue weighted by atomic mass is 32.2. The summed E-state index contributed by atoms with van der Waals surface area (Å²) in [5.41, 5.74) is 2.45. The van der Waals surface area contributed by atoms with E-state index in [9.17, 15) is 18.0 Å². The van der Waals surface area contributed by atoms with Crippen LogP contribution in [0.25, 0.3) is 0 Å². The lowest BCUT2D eigenvalue weighted by molar-refractivity contribution is -0.123. The van der Waals surface area contributed by atoms with Gasteiger partial charge in [0.1, 0.15) is 6.04 Å². The first-order valence-electron chi connectivity index (χ1n) is 12.5. The van der Waals surface area contributed by atoms with Gasteiger partial charge in [-0.05, 0) is 61.9 Å². The molecule has 0 radical (unpaired) electrons. The Morgan fingerprint density at radius 2 is 1.71 bits per heavy atom. The zero-order valence-electron chi connectivity index (χ0n) is 20.5. The first-order chi connectivity index (χ1) is 16.7. The Labute approximate surface area is 208 Å². The van der Waals surface area contributed by atoms with Gasteiger partial charge in [-0.25, -0.2) is 8.42 Å². The van der Waals surface area contributed by atoms with Gasteiger partial charge in [-0.2, -0.15) is 4.72 Å². The van der Waals surface area contributed by atoms with Gasteiger partial charge in [0.25, 0.3) is 0 Å². The molecule has 1 aliphatic carbocycles. The average Bonchev–Trinajstić information content (AvgIpc) is 2.96. The van der Waals surface area contributed by atoms with E-state index in [1.165, 1.54) is 25.8 Å². The van der Waals surface area contributed by atoms with Crippen molar-refractivity contribution in [3.63, 3.8) is 0 Å². The van der Waals surface area contributed by atoms with E-state index in [1.54, 1.807) is 17.0 Å². The molecule has 8 heteroatoms. The largest absolute Gasteiger partial charge is 0.352 e. The number of carbonyl (C=O) groups is 2. The molecule has 4 rings (SSSR count). The monoisotopic (exact) mass is 497 g/mol. The number of sulfonamides is 1. The van der Waals surface area contributed by atoms with Gasteiger partial charge in [-0.15, -0.1) is 0 Å². The van der Waals surface area contributed by atoms with Crippen molar-refractivity contribution in [3.05, 3.63) is 59.7 Å². The summed E-state index contributed by atoms with van der Waals surface area (Å²) < 4.78 is 29.5. The molecule has 7 nitrogen and oxygen atoms in total. The fraction of sp³-hybridized carbons (Fsp3) is 0.481. The Kier molecular flexibility index (Phi) is 7.91. The minimum Gasteiger partial charge on any atom is -0.352 e. The van der Waals surface area contributed by atoms with Gasteiger partial charge < -0.3 is 10.2 Å². The standard InChI is InChI=1S/C27H35N3O4S/c1-19-16-22-18-24(14-15-26(22)30(19)20(2)31)35(33,34)29-25(17-21-10-6-5-7-11-21)27(32)28-23-12-8-3-4-9-13-23/h5-7,10-11,14-15,18-19,23,25,29H,3-4,8-9,12-13,16-17H2,1-2H3,(H,28,32)/t19-,25+/m1/s1. The second-order valence-electron chi connectivity index (χ2n) is 9.79. The lowest BCUT2D eigenvalue weighted by Gasteiger charge is -2.23. The predicted molar refractivity (Wildman–Crippen MR) is 137 cm³/mol. The molecular weight excluding hydrogens is 462 g/mol. The van der Waals surface area contributed by atoms with Crippen LogP contribution in [0.5, 0.6) is 0 Å². The van der Waals surface area contributed by atoms with Crippen molar-refractivity contribution in [1.82, 2.24) is 10.0 Å². The maximum atomic E-state index is 13.4. The van der Waals surface area contributed by atoms with Crippen LogP contribution in [0.1, 0.15) is 63.5 Å². The lowest BCUT2D eigenvalue weighted by atomic mass is 10.0. The van der Waals surface area contributed by atoms with E-state index in [1.807, 2.05) is 37.3 Å². The first-order valence-corrected chi connectivity index (χ1v) is 14.0. The molecule has 0 bridgehead atoms. The quantitative estimate of drug-likeness (QED) is 0.570. The maximum Gasteiger partial charge on any atom is 0.241 e. The zero-order valence-corrected chi connectivity index (χ0v) is 21.3. The Morgan fingerprint density at radius 3 is 2.37 bits per heavy atom. The molecule has 2 N–H and O–H groups in total. The zero-order chi connectivity index (χ0) is 25.0. The molecule has 2 atom stereocenters. The topological polar surface area (TPSA) is 95.6 Å². The van der Waals surface area contributed by atoms with Crippen molar-refractivity contribution >= 4 is 27.5 Å². The average molecular weight is 498 g/mol. The van der Waals surface area contributed by atoms with E-state index in [4.69, 9.17) is 0 Å². The van der Waals surface area contributed by atoms with Crippen LogP contribution in [0.2, 0.25) is 0 Å². The molecule has 1 heterocycles. The van der Waals surface area contributed by atoms with E-state index in [0.29, 0.717) is 6.42 Å². The van der Waals surface area contributed by atoms with Crippen LogP contribution in [0.15, 0.2) is 53.4 Å². The summed E-state index contributed by atoms with van der Waals surface area (Å²) >= 11 is 0. The number of rotatable bonds is 7. The Hall–Kier alpha value is -2.71. The van der Waals surface area contributed by atoms with Gasteiger partial charge in [-0.1, -0.05) is 56.0 Å². The summed E-state index contributed by atoms with van der Waals surface area (Å²) in [6.45, 7) is 3.46. The van der Waals surface area contributed by atoms with Gasteiger partial charge in [0, 0.05) is 24.7 Å². The van der Waals surface area contributed by atoms with Gasteiger partial charge in [0.2, 0.25) is 21.8 Å². The third-order valence-electron chi connectivity index (χ3n) is 7.01. The third-order valence-corrected chi connectivity index (χ3v) is 8.48. The minimum atomic E-state index is -3.96. The van der Waals surface area contributed by atoms with E-state index < -0.39 is 16.1 Å². The van der Waals surface area contributed by atoms with E-state index in [2.05, 4.69) is 10.0 Å². The Balaban J connectivity index is 1.56. The summed E-state index contributed by atoms with van der Waals surface area (Å²) in [4.78, 5) is 27.1. The van der Waals surface area contributed by atoms with Crippen LogP contribution in [-0.2, 0) is 32.5 Å². The second kappa shape index (κ2) is 10.9. The summed E-state index contributed by atoms with van der Waals surface area (Å²) in [5.74, 6) is -0.357. The first kappa shape index (κ1) is 25.4.